The molecule has 0 unspecified atom stereocenters. The van der Waals surface area contributed by atoms with Crippen molar-refractivity contribution in [1.29, 1.82) is 0 Å². The van der Waals surface area contributed by atoms with E-state index in [9.17, 15) is 10.2 Å². The smallest absolute Gasteiger partial charge is 0.0988 e. The fourth-order valence-electron chi connectivity index (χ4n) is 2.18. The minimum absolute atomic E-state index is 0.0774. The molecule has 1 fully saturated rings. The Hall–Kier alpha value is -0.160. The predicted molar refractivity (Wildman–Crippen MR) is 58.6 cm³/mol. The Kier molecular flexibility index (Phi) is 5.53. The van der Waals surface area contributed by atoms with Crippen molar-refractivity contribution in [2.75, 3.05) is 19.7 Å². The van der Waals surface area contributed by atoms with Crippen LogP contribution in [0, 0.1) is 0 Å². The first-order valence-electron chi connectivity index (χ1n) is 5.91. The Bertz CT molecular complexity index is 177. The van der Waals surface area contributed by atoms with Gasteiger partial charge >= 0.3 is 0 Å². The molecule has 3 atom stereocenters. The fraction of sp³-hybridized carbons (Fsp3) is 1.00. The Labute approximate surface area is 91.5 Å². The quantitative estimate of drug-likeness (QED) is 0.547. The highest BCUT2D eigenvalue weighted by molar-refractivity contribution is 4.92. The van der Waals surface area contributed by atoms with Gasteiger partial charge in [0.05, 0.1) is 24.9 Å². The Morgan fingerprint density at radius 1 is 1.20 bits per heavy atom. The molecule has 1 rings (SSSR count). The van der Waals surface area contributed by atoms with Gasteiger partial charge in [-0.25, -0.2) is 0 Å². The number of rotatable bonds is 6. The predicted octanol–water partition coefficient (Wildman–Crippen LogP) is -0.0350. The van der Waals surface area contributed by atoms with E-state index in [1.807, 2.05) is 4.90 Å². The minimum Gasteiger partial charge on any atom is -0.395 e. The van der Waals surface area contributed by atoms with Crippen LogP contribution >= 0.6 is 0 Å². The molecule has 3 N–H and O–H groups in total. The summed E-state index contributed by atoms with van der Waals surface area (Å²) in [6, 6.07) is -0.276. The number of hydrogen-bond donors (Lipinski definition) is 3. The summed E-state index contributed by atoms with van der Waals surface area (Å²) >= 11 is 0. The molecule has 0 aliphatic carbocycles. The molecule has 0 aromatic carbocycles. The highest BCUT2D eigenvalue weighted by atomic mass is 16.3. The molecule has 1 heterocycles. The number of aliphatic hydroxyl groups excluding tert-OH is 3. The van der Waals surface area contributed by atoms with Crippen LogP contribution in [-0.4, -0.2) is 58.2 Å². The van der Waals surface area contributed by atoms with Gasteiger partial charge in [0.2, 0.25) is 0 Å². The van der Waals surface area contributed by atoms with E-state index >= 15 is 0 Å². The Balaban J connectivity index is 2.28. The third kappa shape index (κ3) is 3.41. The molecule has 0 saturated carbocycles. The molecular formula is C11H23NO3. The lowest BCUT2D eigenvalue weighted by atomic mass is 10.1. The maximum absolute atomic E-state index is 9.58. The van der Waals surface area contributed by atoms with Crippen LogP contribution in [0.2, 0.25) is 0 Å². The Morgan fingerprint density at radius 3 is 2.53 bits per heavy atom. The first-order valence-corrected chi connectivity index (χ1v) is 5.91. The van der Waals surface area contributed by atoms with Crippen molar-refractivity contribution in [2.24, 2.45) is 0 Å². The second-order valence-corrected chi connectivity index (χ2v) is 4.36. The van der Waals surface area contributed by atoms with Crippen molar-refractivity contribution >= 4 is 0 Å². The summed E-state index contributed by atoms with van der Waals surface area (Å²) in [5, 5.41) is 28.2. The van der Waals surface area contributed by atoms with Gasteiger partial charge in [-0.05, 0) is 13.0 Å². The fourth-order valence-corrected chi connectivity index (χ4v) is 2.18. The van der Waals surface area contributed by atoms with Crippen LogP contribution in [0.4, 0.5) is 0 Å². The van der Waals surface area contributed by atoms with Crippen molar-refractivity contribution in [1.82, 2.24) is 4.90 Å². The van der Waals surface area contributed by atoms with Gasteiger partial charge in [0, 0.05) is 6.54 Å². The number of hydrogen-bond acceptors (Lipinski definition) is 4. The number of β-amino-alcohol motifs (C(OH)–C–C–N with tert-alkyl or cyclic N) is 1. The van der Waals surface area contributed by atoms with E-state index in [4.69, 9.17) is 5.11 Å². The number of nitrogens with zero attached hydrogens (tertiary/aromatic N) is 1. The van der Waals surface area contributed by atoms with Gasteiger partial charge in [-0.3, -0.25) is 4.90 Å². The SMILES string of the molecule is CCCCCCN1C[C@H](O)[C@@H](O)[C@@H]1CO. The molecule has 0 spiro atoms. The van der Waals surface area contributed by atoms with Crippen molar-refractivity contribution in [3.8, 4) is 0 Å². The second-order valence-electron chi connectivity index (χ2n) is 4.36. The highest BCUT2D eigenvalue weighted by Crippen LogP contribution is 2.19. The first kappa shape index (κ1) is 12.9. The number of likely N-dealkylation sites (tertiary alicyclic amines) is 1. The van der Waals surface area contributed by atoms with Crippen molar-refractivity contribution in [3.63, 3.8) is 0 Å². The van der Waals surface area contributed by atoms with E-state index in [1.54, 1.807) is 0 Å². The van der Waals surface area contributed by atoms with E-state index in [-0.39, 0.29) is 12.6 Å². The van der Waals surface area contributed by atoms with E-state index in [2.05, 4.69) is 6.92 Å². The molecule has 0 bridgehead atoms. The van der Waals surface area contributed by atoms with Gasteiger partial charge < -0.3 is 15.3 Å². The molecule has 90 valence electrons. The van der Waals surface area contributed by atoms with Crippen LogP contribution < -0.4 is 0 Å². The Morgan fingerprint density at radius 2 is 1.93 bits per heavy atom. The van der Waals surface area contributed by atoms with Crippen LogP contribution in [0.15, 0.2) is 0 Å². The molecule has 0 aromatic rings. The summed E-state index contributed by atoms with van der Waals surface area (Å²) < 4.78 is 0. The van der Waals surface area contributed by atoms with Gasteiger partial charge in [-0.15, -0.1) is 0 Å². The topological polar surface area (TPSA) is 63.9 Å². The van der Waals surface area contributed by atoms with Gasteiger partial charge in [0.1, 0.15) is 0 Å². The molecule has 0 amide bonds. The molecule has 1 aliphatic rings. The highest BCUT2D eigenvalue weighted by Gasteiger charge is 2.38. The number of unbranched alkanes of at least 4 members (excludes halogenated alkanes) is 3. The lowest BCUT2D eigenvalue weighted by molar-refractivity contribution is 0.0216. The summed E-state index contributed by atoms with van der Waals surface area (Å²) in [6.07, 6.45) is 3.19. The van der Waals surface area contributed by atoms with Crippen molar-refractivity contribution in [2.45, 2.75) is 50.9 Å². The van der Waals surface area contributed by atoms with Crippen LogP contribution in [0.25, 0.3) is 0 Å². The third-order valence-electron chi connectivity index (χ3n) is 3.16. The van der Waals surface area contributed by atoms with Gasteiger partial charge in [-0.1, -0.05) is 26.2 Å². The average molecular weight is 217 g/mol. The summed E-state index contributed by atoms with van der Waals surface area (Å²) in [7, 11) is 0. The number of aliphatic hydroxyl groups is 3. The molecule has 4 heteroatoms. The lowest BCUT2D eigenvalue weighted by Crippen LogP contribution is -2.39. The second kappa shape index (κ2) is 6.43. The van der Waals surface area contributed by atoms with E-state index in [0.717, 1.165) is 13.0 Å². The first-order chi connectivity index (χ1) is 7.20. The summed E-state index contributed by atoms with van der Waals surface area (Å²) in [5.74, 6) is 0. The molecule has 0 radical (unpaired) electrons. The zero-order chi connectivity index (χ0) is 11.3. The van der Waals surface area contributed by atoms with E-state index in [1.165, 1.54) is 19.3 Å². The molecule has 0 aromatic heterocycles. The van der Waals surface area contributed by atoms with Gasteiger partial charge in [-0.2, -0.15) is 0 Å². The lowest BCUT2D eigenvalue weighted by Gasteiger charge is -2.23. The largest absolute Gasteiger partial charge is 0.395 e. The average Bonchev–Trinajstić information content (AvgIpc) is 2.50. The summed E-state index contributed by atoms with van der Waals surface area (Å²) in [5.41, 5.74) is 0. The molecule has 4 nitrogen and oxygen atoms in total. The van der Waals surface area contributed by atoms with Crippen LogP contribution in [-0.2, 0) is 0 Å². The van der Waals surface area contributed by atoms with Crippen molar-refractivity contribution < 1.29 is 15.3 Å². The molecule has 1 aliphatic heterocycles. The standard InChI is InChI=1S/C11H23NO3/c1-2-3-4-5-6-12-7-10(14)11(15)9(12)8-13/h9-11,13-15H,2-8H2,1H3/t9-,10-,11-/m0/s1. The van der Waals surface area contributed by atoms with Crippen LogP contribution in [0.5, 0.6) is 0 Å². The van der Waals surface area contributed by atoms with Gasteiger partial charge in [0.15, 0.2) is 0 Å². The third-order valence-corrected chi connectivity index (χ3v) is 3.16. The monoisotopic (exact) mass is 217 g/mol. The minimum atomic E-state index is -0.791. The van der Waals surface area contributed by atoms with Crippen LogP contribution in [0.1, 0.15) is 32.6 Å². The summed E-state index contributed by atoms with van der Waals surface area (Å²) in [4.78, 5) is 1.99. The maximum Gasteiger partial charge on any atom is 0.0988 e. The van der Waals surface area contributed by atoms with Crippen molar-refractivity contribution in [3.05, 3.63) is 0 Å². The normalized spacial score (nSPS) is 32.4. The summed E-state index contributed by atoms with van der Waals surface area (Å²) in [6.45, 7) is 3.43. The zero-order valence-corrected chi connectivity index (χ0v) is 9.47. The zero-order valence-electron chi connectivity index (χ0n) is 9.47. The van der Waals surface area contributed by atoms with Crippen LogP contribution in [0.3, 0.4) is 0 Å². The van der Waals surface area contributed by atoms with E-state index in [0.29, 0.717) is 6.54 Å². The molecule has 15 heavy (non-hydrogen) atoms. The molecule has 1 saturated heterocycles. The van der Waals surface area contributed by atoms with Gasteiger partial charge in [0.25, 0.3) is 0 Å². The van der Waals surface area contributed by atoms with E-state index < -0.39 is 12.2 Å². The molecular weight excluding hydrogens is 194 g/mol. The maximum atomic E-state index is 9.58.